The fraction of sp³-hybridized carbons (Fsp3) is 0.500. The molecule has 3 nitrogen and oxygen atoms in total. The topological polar surface area (TPSA) is 46.5 Å². The summed E-state index contributed by atoms with van der Waals surface area (Å²) in [5.41, 5.74) is -0.190. The molecule has 0 aliphatic carbocycles. The quantitative estimate of drug-likeness (QED) is 0.297. The van der Waals surface area contributed by atoms with Gasteiger partial charge in [0.1, 0.15) is 0 Å². The number of ether oxygens (including phenoxy) is 1. The largest absolute Gasteiger partial charge is 0.446 e. The zero-order valence-electron chi connectivity index (χ0n) is 5.96. The molecule has 4 heteroatoms. The minimum atomic E-state index is -0.524. The highest BCUT2D eigenvalue weighted by Gasteiger charge is 2.08. The molecule has 0 fully saturated rings. The van der Waals surface area contributed by atoms with Gasteiger partial charge in [0.2, 0.25) is 0 Å². The van der Waals surface area contributed by atoms with Gasteiger partial charge in [0.15, 0.2) is 5.44 Å². The standard InChI is InChI=1S/C6H10O3S/c1-4(2)6(7)9-5(3)10-8/h5,8H,1H2,2-3H3. The van der Waals surface area contributed by atoms with E-state index in [0.29, 0.717) is 17.6 Å². The summed E-state index contributed by atoms with van der Waals surface area (Å²) in [6, 6.07) is 0. The van der Waals surface area contributed by atoms with Gasteiger partial charge < -0.3 is 9.29 Å². The lowest BCUT2D eigenvalue weighted by Crippen LogP contribution is -2.11. The number of hydrogen-bond donors (Lipinski definition) is 1. The van der Waals surface area contributed by atoms with Crippen molar-refractivity contribution in [3.63, 3.8) is 0 Å². The second-order valence-electron chi connectivity index (χ2n) is 1.86. The zero-order chi connectivity index (χ0) is 8.15. The Balaban J connectivity index is 3.68. The van der Waals surface area contributed by atoms with Gasteiger partial charge in [-0.05, 0) is 13.8 Å². The van der Waals surface area contributed by atoms with Crippen LogP contribution in [0.25, 0.3) is 0 Å². The number of hydrogen-bond acceptors (Lipinski definition) is 4. The van der Waals surface area contributed by atoms with E-state index >= 15 is 0 Å². The smallest absolute Gasteiger partial charge is 0.334 e. The molecule has 0 aromatic carbocycles. The molecular formula is C6H10O3S. The van der Waals surface area contributed by atoms with Crippen molar-refractivity contribution in [2.24, 2.45) is 0 Å². The molecule has 0 aliphatic rings. The lowest BCUT2D eigenvalue weighted by atomic mass is 10.4. The second-order valence-corrected chi connectivity index (χ2v) is 2.73. The van der Waals surface area contributed by atoms with Crippen LogP contribution >= 0.6 is 12.0 Å². The first kappa shape index (κ1) is 9.52. The van der Waals surface area contributed by atoms with E-state index in [0.717, 1.165) is 0 Å². The van der Waals surface area contributed by atoms with Crippen LogP contribution in [0.15, 0.2) is 12.2 Å². The second kappa shape index (κ2) is 4.35. The number of carbonyl (C=O) groups excluding carboxylic acids is 1. The minimum absolute atomic E-state index is 0.334. The van der Waals surface area contributed by atoms with Crippen LogP contribution in [0, 0.1) is 0 Å². The van der Waals surface area contributed by atoms with Gasteiger partial charge in [-0.3, -0.25) is 0 Å². The molecule has 0 saturated heterocycles. The fourth-order valence-corrected chi connectivity index (χ4v) is 0.403. The van der Waals surface area contributed by atoms with Crippen LogP contribution in [0.3, 0.4) is 0 Å². The summed E-state index contributed by atoms with van der Waals surface area (Å²) in [5, 5.41) is 0. The molecule has 10 heavy (non-hydrogen) atoms. The summed E-state index contributed by atoms with van der Waals surface area (Å²) in [4.78, 5) is 10.7. The van der Waals surface area contributed by atoms with Gasteiger partial charge >= 0.3 is 5.97 Å². The third-order valence-corrected chi connectivity index (χ3v) is 1.16. The van der Waals surface area contributed by atoms with Crippen molar-refractivity contribution >= 4 is 18.0 Å². The first-order valence-corrected chi connectivity index (χ1v) is 3.58. The Morgan fingerprint density at radius 3 is 2.60 bits per heavy atom. The van der Waals surface area contributed by atoms with Crippen LogP contribution in [-0.2, 0) is 9.53 Å². The lowest BCUT2D eigenvalue weighted by molar-refractivity contribution is -0.139. The van der Waals surface area contributed by atoms with Crippen LogP contribution in [-0.4, -0.2) is 16.0 Å². The summed E-state index contributed by atoms with van der Waals surface area (Å²) in [5.74, 6) is -0.478. The fourth-order valence-electron chi connectivity index (χ4n) is 0.273. The predicted octanol–water partition coefficient (Wildman–Crippen LogP) is 1.66. The van der Waals surface area contributed by atoms with Gasteiger partial charge in [-0.2, -0.15) is 0 Å². The van der Waals surface area contributed by atoms with Crippen LogP contribution in [0.4, 0.5) is 0 Å². The Labute approximate surface area is 64.3 Å². The average molecular weight is 162 g/mol. The molecule has 0 aromatic rings. The predicted molar refractivity (Wildman–Crippen MR) is 40.6 cm³/mol. The van der Waals surface area contributed by atoms with E-state index in [2.05, 4.69) is 11.3 Å². The van der Waals surface area contributed by atoms with Crippen molar-refractivity contribution in [1.29, 1.82) is 0 Å². The molecule has 0 amide bonds. The first-order chi connectivity index (χ1) is 4.57. The van der Waals surface area contributed by atoms with E-state index < -0.39 is 11.4 Å². The van der Waals surface area contributed by atoms with Gasteiger partial charge in [-0.25, -0.2) is 4.79 Å². The summed E-state index contributed by atoms with van der Waals surface area (Å²) in [7, 11) is 0. The SMILES string of the molecule is C=C(C)C(=O)OC(C)SO. The van der Waals surface area contributed by atoms with E-state index in [1.807, 2.05) is 0 Å². The van der Waals surface area contributed by atoms with Crippen molar-refractivity contribution in [1.82, 2.24) is 0 Å². The van der Waals surface area contributed by atoms with Gasteiger partial charge in [-0.15, -0.1) is 0 Å². The van der Waals surface area contributed by atoms with Crippen LogP contribution < -0.4 is 0 Å². The van der Waals surface area contributed by atoms with Gasteiger partial charge in [-0.1, -0.05) is 6.58 Å². The zero-order valence-corrected chi connectivity index (χ0v) is 6.77. The van der Waals surface area contributed by atoms with Gasteiger partial charge in [0.05, 0.1) is 0 Å². The Morgan fingerprint density at radius 1 is 1.80 bits per heavy atom. The van der Waals surface area contributed by atoms with E-state index in [1.165, 1.54) is 0 Å². The molecule has 1 unspecified atom stereocenters. The van der Waals surface area contributed by atoms with E-state index in [4.69, 9.17) is 4.55 Å². The lowest BCUT2D eigenvalue weighted by Gasteiger charge is -2.07. The third kappa shape index (κ3) is 3.53. The average Bonchev–Trinajstić information content (AvgIpc) is 1.87. The summed E-state index contributed by atoms with van der Waals surface area (Å²) >= 11 is 0.486. The Morgan fingerprint density at radius 2 is 2.30 bits per heavy atom. The van der Waals surface area contributed by atoms with Crippen LogP contribution in [0.1, 0.15) is 13.8 Å². The van der Waals surface area contributed by atoms with Crippen LogP contribution in [0.5, 0.6) is 0 Å². The first-order valence-electron chi connectivity index (χ1n) is 2.74. The molecule has 0 aliphatic heterocycles. The number of esters is 1. The van der Waals surface area contributed by atoms with Gasteiger partial charge in [0, 0.05) is 17.6 Å². The normalized spacial score (nSPS) is 12.3. The third-order valence-electron chi connectivity index (χ3n) is 0.770. The maximum absolute atomic E-state index is 10.7. The molecule has 0 rings (SSSR count). The number of carbonyl (C=O) groups is 1. The Hall–Kier alpha value is -0.480. The molecule has 0 aromatic heterocycles. The summed E-state index contributed by atoms with van der Waals surface area (Å²) in [6.45, 7) is 6.50. The molecule has 0 radical (unpaired) electrons. The summed E-state index contributed by atoms with van der Waals surface area (Å²) in [6.07, 6.45) is 0. The molecule has 58 valence electrons. The van der Waals surface area contributed by atoms with Crippen molar-refractivity contribution in [2.45, 2.75) is 19.3 Å². The molecular weight excluding hydrogens is 152 g/mol. The van der Waals surface area contributed by atoms with E-state index in [1.54, 1.807) is 13.8 Å². The number of rotatable bonds is 3. The van der Waals surface area contributed by atoms with Crippen molar-refractivity contribution in [3.05, 3.63) is 12.2 Å². The van der Waals surface area contributed by atoms with Gasteiger partial charge in [0.25, 0.3) is 0 Å². The van der Waals surface area contributed by atoms with Crippen molar-refractivity contribution in [2.75, 3.05) is 0 Å². The molecule has 0 bridgehead atoms. The highest BCUT2D eigenvalue weighted by molar-refractivity contribution is 7.94. The Bertz CT molecular complexity index is 144. The van der Waals surface area contributed by atoms with Crippen molar-refractivity contribution < 1.29 is 14.1 Å². The highest BCUT2D eigenvalue weighted by atomic mass is 32.2. The van der Waals surface area contributed by atoms with Crippen LogP contribution in [0.2, 0.25) is 0 Å². The summed E-state index contributed by atoms with van der Waals surface area (Å²) < 4.78 is 13.0. The highest BCUT2D eigenvalue weighted by Crippen LogP contribution is 2.07. The maximum Gasteiger partial charge on any atom is 0.334 e. The molecule has 1 atom stereocenters. The monoisotopic (exact) mass is 162 g/mol. The minimum Gasteiger partial charge on any atom is -0.446 e. The molecule has 1 N–H and O–H groups in total. The molecule has 0 heterocycles. The maximum atomic E-state index is 10.7. The van der Waals surface area contributed by atoms with Crippen molar-refractivity contribution in [3.8, 4) is 0 Å². The van der Waals surface area contributed by atoms with E-state index in [-0.39, 0.29) is 0 Å². The molecule has 0 spiro atoms. The Kier molecular flexibility index (Phi) is 4.14. The van der Waals surface area contributed by atoms with E-state index in [9.17, 15) is 4.79 Å². The molecule has 0 saturated carbocycles.